The maximum Gasteiger partial charge on any atom is 0.335 e. The second-order valence-corrected chi connectivity index (χ2v) is 6.74. The number of hydrogen-bond donors (Lipinski definition) is 2. The van der Waals surface area contributed by atoms with Gasteiger partial charge in [-0.3, -0.25) is 0 Å². The summed E-state index contributed by atoms with van der Waals surface area (Å²) in [6.45, 7) is 0. The van der Waals surface area contributed by atoms with Crippen molar-refractivity contribution in [1.29, 1.82) is 0 Å². The van der Waals surface area contributed by atoms with E-state index < -0.39 is 5.97 Å². The van der Waals surface area contributed by atoms with E-state index in [0.29, 0.717) is 11.2 Å². The summed E-state index contributed by atoms with van der Waals surface area (Å²) in [5.74, 6) is -0.697. The van der Waals surface area contributed by atoms with Gasteiger partial charge in [0.2, 0.25) is 0 Å². The van der Waals surface area contributed by atoms with Gasteiger partial charge in [0.1, 0.15) is 5.52 Å². The molecule has 0 unspecified atom stereocenters. The zero-order chi connectivity index (χ0) is 19.0. The van der Waals surface area contributed by atoms with Gasteiger partial charge in [-0.2, -0.15) is 10.1 Å². The molecule has 8 nitrogen and oxygen atoms in total. The molecule has 0 saturated carbocycles. The summed E-state index contributed by atoms with van der Waals surface area (Å²) in [6, 6.07) is 12.3. The van der Waals surface area contributed by atoms with Crippen molar-refractivity contribution in [2.75, 3.05) is 5.43 Å². The van der Waals surface area contributed by atoms with Gasteiger partial charge >= 0.3 is 5.97 Å². The molecule has 2 aromatic carbocycles. The lowest BCUT2D eigenvalue weighted by atomic mass is 10.1. The molecule has 2 N–H and O–H groups in total. The molecule has 27 heavy (non-hydrogen) atoms. The van der Waals surface area contributed by atoms with Crippen LogP contribution in [0.3, 0.4) is 0 Å². The van der Waals surface area contributed by atoms with Crippen molar-refractivity contribution in [3.8, 4) is 0 Å². The van der Waals surface area contributed by atoms with Crippen molar-refractivity contribution in [2.45, 2.75) is 0 Å². The van der Waals surface area contributed by atoms with E-state index in [4.69, 9.17) is 5.11 Å². The second-order valence-electron chi connectivity index (χ2n) is 5.83. The second kappa shape index (κ2) is 6.76. The molecule has 4 aromatic rings. The number of nitrogens with zero attached hydrogens (tertiary/aromatic N) is 5. The molecule has 4 rings (SSSR count). The Hall–Kier alpha value is -3.33. The molecule has 0 atom stereocenters. The normalized spacial score (nSPS) is 11.5. The maximum absolute atomic E-state index is 10.9. The van der Waals surface area contributed by atoms with Crippen LogP contribution in [-0.4, -0.2) is 37.0 Å². The average molecular weight is 425 g/mol. The fourth-order valence-corrected chi connectivity index (χ4v) is 3.12. The number of fused-ring (bicyclic) bond motifs is 3. The Morgan fingerprint density at radius 3 is 2.74 bits per heavy atom. The molecule has 0 fully saturated rings. The van der Waals surface area contributed by atoms with Crippen LogP contribution < -0.4 is 5.43 Å². The molecule has 0 saturated heterocycles. The number of hydrazone groups is 1. The highest BCUT2D eigenvalue weighted by Crippen LogP contribution is 2.27. The summed E-state index contributed by atoms with van der Waals surface area (Å²) in [6.07, 6.45) is 1.55. The van der Waals surface area contributed by atoms with Gasteiger partial charge in [-0.05, 0) is 35.9 Å². The SMILES string of the molecule is Cn1c2ccc(Br)cc2c2nnc(N/N=C/c3ccc(C(=O)O)cc3)nc21. The van der Waals surface area contributed by atoms with Crippen molar-refractivity contribution in [1.82, 2.24) is 19.7 Å². The number of aromatic nitrogens is 4. The number of hydrogen-bond acceptors (Lipinski definition) is 6. The zero-order valence-corrected chi connectivity index (χ0v) is 15.7. The Kier molecular flexibility index (Phi) is 4.28. The third kappa shape index (κ3) is 3.24. The van der Waals surface area contributed by atoms with Crippen molar-refractivity contribution >= 4 is 56.1 Å². The standard InChI is InChI=1S/C18H13BrN6O2/c1-25-14-7-6-12(19)8-13(14)15-16(25)21-18(24-22-15)23-20-9-10-2-4-11(5-3-10)17(26)27/h2-9H,1H3,(H,26,27)(H,21,23,24)/b20-9+. The predicted molar refractivity (Wildman–Crippen MR) is 106 cm³/mol. The monoisotopic (exact) mass is 424 g/mol. The van der Waals surface area contributed by atoms with Gasteiger partial charge in [-0.1, -0.05) is 28.1 Å². The van der Waals surface area contributed by atoms with Crippen LogP contribution in [0, 0.1) is 0 Å². The molecule has 134 valence electrons. The van der Waals surface area contributed by atoms with Crippen LogP contribution in [0.4, 0.5) is 5.95 Å². The first-order valence-electron chi connectivity index (χ1n) is 7.94. The average Bonchev–Trinajstić information content (AvgIpc) is 2.94. The van der Waals surface area contributed by atoms with Gasteiger partial charge in [0.05, 0.1) is 17.3 Å². The molecular formula is C18H13BrN6O2. The molecule has 0 aliphatic heterocycles. The lowest BCUT2D eigenvalue weighted by Crippen LogP contribution is -2.01. The summed E-state index contributed by atoms with van der Waals surface area (Å²) in [7, 11) is 1.92. The Morgan fingerprint density at radius 2 is 2.00 bits per heavy atom. The Balaban J connectivity index is 1.60. The highest BCUT2D eigenvalue weighted by molar-refractivity contribution is 9.10. The molecule has 0 radical (unpaired) electrons. The van der Waals surface area contributed by atoms with Crippen LogP contribution in [0.15, 0.2) is 52.0 Å². The van der Waals surface area contributed by atoms with Gasteiger partial charge < -0.3 is 9.67 Å². The van der Waals surface area contributed by atoms with E-state index in [1.807, 2.05) is 29.8 Å². The summed E-state index contributed by atoms with van der Waals surface area (Å²) in [5, 5.41) is 22.3. The van der Waals surface area contributed by atoms with Gasteiger partial charge in [-0.25, -0.2) is 10.2 Å². The van der Waals surface area contributed by atoms with E-state index in [-0.39, 0.29) is 11.5 Å². The fraction of sp³-hybridized carbons (Fsp3) is 0.0556. The lowest BCUT2D eigenvalue weighted by molar-refractivity contribution is 0.0697. The third-order valence-electron chi connectivity index (χ3n) is 4.10. The predicted octanol–water partition coefficient (Wildman–Crippen LogP) is 3.42. The van der Waals surface area contributed by atoms with E-state index in [2.05, 4.69) is 41.6 Å². The Bertz CT molecular complexity index is 1200. The maximum atomic E-state index is 10.9. The zero-order valence-electron chi connectivity index (χ0n) is 14.1. The number of rotatable bonds is 4. The van der Waals surface area contributed by atoms with E-state index in [1.54, 1.807) is 18.3 Å². The van der Waals surface area contributed by atoms with Crippen LogP contribution in [-0.2, 0) is 7.05 Å². The molecule has 0 bridgehead atoms. The first kappa shape index (κ1) is 17.1. The number of aromatic carboxylic acids is 1. The number of nitrogens with one attached hydrogen (secondary N) is 1. The smallest absolute Gasteiger partial charge is 0.335 e. The van der Waals surface area contributed by atoms with Crippen LogP contribution >= 0.6 is 15.9 Å². The van der Waals surface area contributed by atoms with E-state index in [9.17, 15) is 4.79 Å². The largest absolute Gasteiger partial charge is 0.478 e. The van der Waals surface area contributed by atoms with E-state index in [0.717, 1.165) is 20.9 Å². The van der Waals surface area contributed by atoms with Crippen LogP contribution in [0.25, 0.3) is 22.1 Å². The van der Waals surface area contributed by atoms with Crippen LogP contribution in [0.2, 0.25) is 0 Å². The number of carboxylic acid groups (broad SMARTS) is 1. The summed E-state index contributed by atoms with van der Waals surface area (Å²) in [4.78, 5) is 15.3. The Labute approximate surface area is 161 Å². The number of halogens is 1. The molecule has 2 aromatic heterocycles. The minimum atomic E-state index is -0.966. The molecule has 0 amide bonds. The van der Waals surface area contributed by atoms with Gasteiger partial charge in [-0.15, -0.1) is 10.2 Å². The third-order valence-corrected chi connectivity index (χ3v) is 4.59. The Morgan fingerprint density at radius 1 is 1.22 bits per heavy atom. The highest BCUT2D eigenvalue weighted by atomic mass is 79.9. The molecule has 9 heteroatoms. The first-order chi connectivity index (χ1) is 13.0. The van der Waals surface area contributed by atoms with Crippen molar-refractivity contribution in [2.24, 2.45) is 12.1 Å². The number of benzene rings is 2. The fourth-order valence-electron chi connectivity index (χ4n) is 2.75. The number of carboxylic acids is 1. The number of anilines is 1. The molecule has 0 aliphatic rings. The van der Waals surface area contributed by atoms with Crippen molar-refractivity contribution < 1.29 is 9.90 Å². The highest BCUT2D eigenvalue weighted by Gasteiger charge is 2.12. The molecular weight excluding hydrogens is 412 g/mol. The summed E-state index contributed by atoms with van der Waals surface area (Å²) < 4.78 is 2.91. The number of carbonyl (C=O) groups is 1. The van der Waals surface area contributed by atoms with Crippen LogP contribution in [0.1, 0.15) is 15.9 Å². The quantitative estimate of drug-likeness (QED) is 0.384. The summed E-state index contributed by atoms with van der Waals surface area (Å²) >= 11 is 3.47. The van der Waals surface area contributed by atoms with Gasteiger partial charge in [0, 0.05) is 16.9 Å². The minimum absolute atomic E-state index is 0.223. The van der Waals surface area contributed by atoms with Crippen LogP contribution in [0.5, 0.6) is 0 Å². The van der Waals surface area contributed by atoms with Gasteiger partial charge in [0.15, 0.2) is 5.65 Å². The van der Waals surface area contributed by atoms with Gasteiger partial charge in [0.25, 0.3) is 5.95 Å². The van der Waals surface area contributed by atoms with Crippen molar-refractivity contribution in [3.05, 3.63) is 58.1 Å². The topological polar surface area (TPSA) is 105 Å². The van der Waals surface area contributed by atoms with E-state index >= 15 is 0 Å². The lowest BCUT2D eigenvalue weighted by Gasteiger charge is -2.00. The molecule has 0 aliphatic carbocycles. The molecule has 0 spiro atoms. The van der Waals surface area contributed by atoms with Crippen molar-refractivity contribution in [3.63, 3.8) is 0 Å². The molecule has 2 heterocycles. The van der Waals surface area contributed by atoms with E-state index in [1.165, 1.54) is 12.1 Å². The summed E-state index contributed by atoms with van der Waals surface area (Å²) in [5.41, 5.74) is 6.14. The minimum Gasteiger partial charge on any atom is -0.478 e. The number of aryl methyl sites for hydroxylation is 1. The first-order valence-corrected chi connectivity index (χ1v) is 8.73.